The molecule has 0 spiro atoms. The minimum Gasteiger partial charge on any atom is -0.348 e. The van der Waals surface area contributed by atoms with E-state index in [1.165, 1.54) is 0 Å². The van der Waals surface area contributed by atoms with Gasteiger partial charge in [-0.25, -0.2) is 0 Å². The Kier molecular flexibility index (Phi) is 6.47. The number of hydrogen-bond acceptors (Lipinski definition) is 2. The van der Waals surface area contributed by atoms with Gasteiger partial charge >= 0.3 is 0 Å². The van der Waals surface area contributed by atoms with Crippen LogP contribution in [-0.4, -0.2) is 11.8 Å². The van der Waals surface area contributed by atoms with Crippen LogP contribution in [0.4, 0.5) is 5.69 Å². The number of rotatable bonds is 5. The fourth-order valence-electron chi connectivity index (χ4n) is 2.50. The molecular weight excluding hydrogens is 475 g/mol. The van der Waals surface area contributed by atoms with Gasteiger partial charge in [-0.05, 0) is 70.6 Å². The van der Waals surface area contributed by atoms with E-state index in [4.69, 9.17) is 11.6 Å². The molecule has 0 saturated carbocycles. The summed E-state index contributed by atoms with van der Waals surface area (Å²) in [6.45, 7) is 0.323. The Morgan fingerprint density at radius 3 is 2.41 bits per heavy atom. The van der Waals surface area contributed by atoms with Crippen molar-refractivity contribution in [1.29, 1.82) is 0 Å². The van der Waals surface area contributed by atoms with Crippen molar-refractivity contribution < 1.29 is 9.59 Å². The molecule has 0 aromatic heterocycles. The maximum absolute atomic E-state index is 12.4. The number of hydrogen-bond donors (Lipinski definition) is 2. The summed E-state index contributed by atoms with van der Waals surface area (Å²) in [4.78, 5) is 24.8. The van der Waals surface area contributed by atoms with Crippen LogP contribution in [0.5, 0.6) is 0 Å². The SMILES string of the molecule is O=C(Nc1ccccc1)c1cccc(CNC(=O)c2ccc(Cl)cc2I)c1. The summed E-state index contributed by atoms with van der Waals surface area (Å²) in [6, 6.07) is 21.6. The van der Waals surface area contributed by atoms with Gasteiger partial charge in [0.2, 0.25) is 0 Å². The van der Waals surface area contributed by atoms with Crippen molar-refractivity contribution in [3.05, 3.63) is 98.1 Å². The Morgan fingerprint density at radius 2 is 1.67 bits per heavy atom. The van der Waals surface area contributed by atoms with Crippen molar-refractivity contribution in [3.63, 3.8) is 0 Å². The number of halogens is 2. The number of amides is 2. The molecule has 6 heteroatoms. The fraction of sp³-hybridized carbons (Fsp3) is 0.0476. The molecule has 0 unspecified atom stereocenters. The first kappa shape index (κ1) is 19.4. The van der Waals surface area contributed by atoms with E-state index in [-0.39, 0.29) is 11.8 Å². The van der Waals surface area contributed by atoms with Gasteiger partial charge < -0.3 is 10.6 Å². The van der Waals surface area contributed by atoms with Gasteiger partial charge in [0.15, 0.2) is 0 Å². The first-order chi connectivity index (χ1) is 13.0. The highest BCUT2D eigenvalue weighted by molar-refractivity contribution is 14.1. The van der Waals surface area contributed by atoms with Crippen molar-refractivity contribution in [3.8, 4) is 0 Å². The maximum atomic E-state index is 12.4. The van der Waals surface area contributed by atoms with Crippen LogP contribution >= 0.6 is 34.2 Å². The minimum absolute atomic E-state index is 0.185. The second-order valence-corrected chi connectivity index (χ2v) is 7.43. The molecule has 0 atom stereocenters. The first-order valence-electron chi connectivity index (χ1n) is 8.21. The normalized spacial score (nSPS) is 10.3. The number of anilines is 1. The van der Waals surface area contributed by atoms with Gasteiger partial charge in [0.1, 0.15) is 0 Å². The average molecular weight is 491 g/mol. The van der Waals surface area contributed by atoms with E-state index in [9.17, 15) is 9.59 Å². The molecule has 4 nitrogen and oxygen atoms in total. The molecular formula is C21H16ClIN2O2. The molecule has 2 N–H and O–H groups in total. The minimum atomic E-state index is -0.193. The van der Waals surface area contributed by atoms with Gasteiger partial charge in [-0.3, -0.25) is 9.59 Å². The van der Waals surface area contributed by atoms with Gasteiger partial charge in [-0.15, -0.1) is 0 Å². The van der Waals surface area contributed by atoms with Crippen LogP contribution in [-0.2, 0) is 6.54 Å². The Labute approximate surface area is 176 Å². The largest absolute Gasteiger partial charge is 0.348 e. The summed E-state index contributed by atoms with van der Waals surface area (Å²) in [5.41, 5.74) is 2.68. The second kappa shape index (κ2) is 9.01. The summed E-state index contributed by atoms with van der Waals surface area (Å²) in [7, 11) is 0. The molecule has 0 aliphatic heterocycles. The van der Waals surface area contributed by atoms with Gasteiger partial charge in [0, 0.05) is 26.4 Å². The predicted molar refractivity (Wildman–Crippen MR) is 116 cm³/mol. The van der Waals surface area contributed by atoms with Gasteiger partial charge in [-0.1, -0.05) is 41.9 Å². The lowest BCUT2D eigenvalue weighted by atomic mass is 10.1. The molecule has 3 rings (SSSR count). The topological polar surface area (TPSA) is 58.2 Å². The van der Waals surface area contributed by atoms with Crippen LogP contribution in [0.3, 0.4) is 0 Å². The van der Waals surface area contributed by atoms with E-state index in [2.05, 4.69) is 33.2 Å². The molecule has 0 aliphatic rings. The van der Waals surface area contributed by atoms with Crippen molar-refractivity contribution in [1.82, 2.24) is 5.32 Å². The van der Waals surface area contributed by atoms with E-state index >= 15 is 0 Å². The molecule has 0 aliphatic carbocycles. The smallest absolute Gasteiger partial charge is 0.255 e. The molecule has 3 aromatic carbocycles. The Hall–Kier alpha value is -2.38. The molecule has 0 saturated heterocycles. The number of carbonyl (C=O) groups is 2. The molecule has 0 fully saturated rings. The van der Waals surface area contributed by atoms with E-state index in [0.29, 0.717) is 22.7 Å². The van der Waals surface area contributed by atoms with E-state index in [0.717, 1.165) is 14.8 Å². The van der Waals surface area contributed by atoms with Gasteiger partial charge in [0.05, 0.1) is 5.56 Å². The Morgan fingerprint density at radius 1 is 0.889 bits per heavy atom. The predicted octanol–water partition coefficient (Wildman–Crippen LogP) is 5.13. The molecule has 3 aromatic rings. The Balaban J connectivity index is 1.65. The molecule has 0 radical (unpaired) electrons. The van der Waals surface area contributed by atoms with E-state index in [1.807, 2.05) is 36.4 Å². The van der Waals surface area contributed by atoms with Crippen molar-refractivity contribution >= 4 is 51.7 Å². The lowest BCUT2D eigenvalue weighted by Gasteiger charge is -2.09. The van der Waals surface area contributed by atoms with Gasteiger partial charge in [0.25, 0.3) is 11.8 Å². The summed E-state index contributed by atoms with van der Waals surface area (Å²) in [6.07, 6.45) is 0. The van der Waals surface area contributed by atoms with Crippen LogP contribution in [0, 0.1) is 3.57 Å². The standard InChI is InChI=1S/C21H16ClIN2O2/c22-16-9-10-18(19(23)12-16)21(27)24-13-14-5-4-6-15(11-14)20(26)25-17-7-2-1-3-8-17/h1-12H,13H2,(H,24,27)(H,25,26). The number of benzene rings is 3. The third kappa shape index (κ3) is 5.30. The average Bonchev–Trinajstić information content (AvgIpc) is 2.67. The Bertz CT molecular complexity index is 977. The zero-order valence-electron chi connectivity index (χ0n) is 14.2. The number of nitrogens with one attached hydrogen (secondary N) is 2. The van der Waals surface area contributed by atoms with Crippen LogP contribution < -0.4 is 10.6 Å². The highest BCUT2D eigenvalue weighted by Gasteiger charge is 2.11. The second-order valence-electron chi connectivity index (χ2n) is 5.83. The maximum Gasteiger partial charge on any atom is 0.255 e. The summed E-state index contributed by atoms with van der Waals surface area (Å²) < 4.78 is 0.786. The summed E-state index contributed by atoms with van der Waals surface area (Å²) in [5, 5.41) is 6.31. The van der Waals surface area contributed by atoms with E-state index in [1.54, 1.807) is 36.4 Å². The zero-order valence-corrected chi connectivity index (χ0v) is 17.1. The lowest BCUT2D eigenvalue weighted by molar-refractivity contribution is 0.0949. The zero-order chi connectivity index (χ0) is 19.2. The molecule has 27 heavy (non-hydrogen) atoms. The van der Waals surface area contributed by atoms with Crippen molar-refractivity contribution in [2.75, 3.05) is 5.32 Å². The monoisotopic (exact) mass is 490 g/mol. The quantitative estimate of drug-likeness (QED) is 0.487. The van der Waals surface area contributed by atoms with Crippen LogP contribution in [0.2, 0.25) is 5.02 Å². The van der Waals surface area contributed by atoms with Crippen molar-refractivity contribution in [2.24, 2.45) is 0 Å². The molecule has 136 valence electrons. The molecule has 0 heterocycles. The highest BCUT2D eigenvalue weighted by atomic mass is 127. The third-order valence-electron chi connectivity index (χ3n) is 3.85. The fourth-order valence-corrected chi connectivity index (χ4v) is 3.61. The number of carbonyl (C=O) groups excluding carboxylic acids is 2. The molecule has 0 bridgehead atoms. The van der Waals surface area contributed by atoms with Crippen LogP contribution in [0.15, 0.2) is 72.8 Å². The van der Waals surface area contributed by atoms with Gasteiger partial charge in [-0.2, -0.15) is 0 Å². The van der Waals surface area contributed by atoms with Crippen LogP contribution in [0.25, 0.3) is 0 Å². The summed E-state index contributed by atoms with van der Waals surface area (Å²) in [5.74, 6) is -0.378. The third-order valence-corrected chi connectivity index (χ3v) is 4.98. The first-order valence-corrected chi connectivity index (χ1v) is 9.67. The lowest BCUT2D eigenvalue weighted by Crippen LogP contribution is -2.24. The van der Waals surface area contributed by atoms with Crippen LogP contribution in [0.1, 0.15) is 26.3 Å². The number of para-hydroxylation sites is 1. The van der Waals surface area contributed by atoms with E-state index < -0.39 is 0 Å². The van der Waals surface area contributed by atoms with Crippen molar-refractivity contribution in [2.45, 2.75) is 6.54 Å². The summed E-state index contributed by atoms with van der Waals surface area (Å²) >= 11 is 8.01. The molecule has 2 amide bonds. The highest BCUT2D eigenvalue weighted by Crippen LogP contribution is 2.18.